The van der Waals surface area contributed by atoms with E-state index in [0.717, 1.165) is 27.9 Å². The maximum Gasteiger partial charge on any atom is 0.169 e. The first-order chi connectivity index (χ1) is 16.0. The summed E-state index contributed by atoms with van der Waals surface area (Å²) >= 11 is 0. The summed E-state index contributed by atoms with van der Waals surface area (Å²) in [7, 11) is 0. The average Bonchev–Trinajstić information content (AvgIpc) is 3.24. The molecule has 33 heavy (non-hydrogen) atoms. The molecule has 2 aromatic heterocycles. The molecule has 0 saturated heterocycles. The van der Waals surface area contributed by atoms with Gasteiger partial charge in [0.15, 0.2) is 11.5 Å². The van der Waals surface area contributed by atoms with Gasteiger partial charge in [0.05, 0.1) is 5.52 Å². The van der Waals surface area contributed by atoms with Gasteiger partial charge in [0.25, 0.3) is 0 Å². The molecule has 0 aliphatic rings. The van der Waals surface area contributed by atoms with E-state index in [9.17, 15) is 0 Å². The highest BCUT2D eigenvalue weighted by Crippen LogP contribution is 2.36. The van der Waals surface area contributed by atoms with Gasteiger partial charge >= 0.3 is 0 Å². The van der Waals surface area contributed by atoms with Crippen LogP contribution in [0.5, 0.6) is 0 Å². The van der Waals surface area contributed by atoms with Crippen LogP contribution in [-0.4, -0.2) is 14.6 Å². The lowest BCUT2D eigenvalue weighted by Crippen LogP contribution is -1.96. The van der Waals surface area contributed by atoms with Crippen LogP contribution < -0.4 is 0 Å². The Morgan fingerprint density at radius 2 is 1.24 bits per heavy atom. The molecule has 0 bridgehead atoms. The van der Waals surface area contributed by atoms with E-state index in [1.165, 1.54) is 44.2 Å². The first-order valence-corrected chi connectivity index (χ1v) is 11.4. The predicted octanol–water partition coefficient (Wildman–Crippen LogP) is 7.60. The van der Waals surface area contributed by atoms with Gasteiger partial charge in [-0.3, -0.25) is 4.40 Å². The monoisotopic (exact) mass is 427 g/mol. The second kappa shape index (κ2) is 7.28. The van der Waals surface area contributed by atoms with Gasteiger partial charge in [-0.05, 0) is 67.5 Å². The van der Waals surface area contributed by atoms with Crippen molar-refractivity contribution in [2.45, 2.75) is 27.7 Å². The van der Waals surface area contributed by atoms with Gasteiger partial charge in [-0.25, -0.2) is 0 Å². The molecule has 0 radical (unpaired) electrons. The van der Waals surface area contributed by atoms with Gasteiger partial charge in [-0.1, -0.05) is 77.9 Å². The van der Waals surface area contributed by atoms with Crippen LogP contribution in [-0.2, 0) is 0 Å². The Morgan fingerprint density at radius 1 is 0.576 bits per heavy atom. The Labute approximate surface area is 193 Å². The van der Waals surface area contributed by atoms with E-state index in [4.69, 9.17) is 0 Å². The van der Waals surface area contributed by atoms with Gasteiger partial charge in [0.2, 0.25) is 0 Å². The maximum absolute atomic E-state index is 4.63. The summed E-state index contributed by atoms with van der Waals surface area (Å²) in [6.07, 6.45) is 0. The van der Waals surface area contributed by atoms with E-state index >= 15 is 0 Å². The van der Waals surface area contributed by atoms with E-state index in [1.54, 1.807) is 0 Å². The molecule has 0 unspecified atom stereocenters. The average molecular weight is 428 g/mol. The highest BCUT2D eigenvalue weighted by molar-refractivity contribution is 6.13. The minimum Gasteiger partial charge on any atom is -0.274 e. The number of aromatic nitrogens is 3. The Morgan fingerprint density at radius 3 is 1.97 bits per heavy atom. The van der Waals surface area contributed by atoms with E-state index in [1.807, 2.05) is 0 Å². The van der Waals surface area contributed by atoms with Crippen LogP contribution in [0.15, 0.2) is 78.9 Å². The van der Waals surface area contributed by atoms with E-state index in [-0.39, 0.29) is 0 Å². The van der Waals surface area contributed by atoms with Gasteiger partial charge in [-0.2, -0.15) is 0 Å². The molecular weight excluding hydrogens is 402 g/mol. The SMILES string of the molecule is Cc1ccc(-c2nnc3c4ccccc4c4cc(-c5c(C)cc(C)cc5C)ccc4n23)cc1. The Bertz CT molecular complexity index is 1670. The molecule has 0 aliphatic heterocycles. The fraction of sp³-hybridized carbons (Fsp3) is 0.133. The largest absolute Gasteiger partial charge is 0.274 e. The summed E-state index contributed by atoms with van der Waals surface area (Å²) < 4.78 is 2.21. The molecule has 6 rings (SSSR count). The quantitative estimate of drug-likeness (QED) is 0.266. The number of hydrogen-bond donors (Lipinski definition) is 0. The zero-order valence-electron chi connectivity index (χ0n) is 19.3. The van der Waals surface area contributed by atoms with Crippen molar-refractivity contribution in [3.63, 3.8) is 0 Å². The van der Waals surface area contributed by atoms with Crippen molar-refractivity contribution in [2.75, 3.05) is 0 Å². The van der Waals surface area contributed by atoms with Crippen molar-refractivity contribution in [3.8, 4) is 22.5 Å². The molecular formula is C30H25N3. The number of benzene rings is 4. The lowest BCUT2D eigenvalue weighted by Gasteiger charge is -2.15. The van der Waals surface area contributed by atoms with Crippen LogP contribution >= 0.6 is 0 Å². The summed E-state index contributed by atoms with van der Waals surface area (Å²) in [6, 6.07) is 28.3. The van der Waals surface area contributed by atoms with E-state index < -0.39 is 0 Å². The third kappa shape index (κ3) is 3.04. The maximum atomic E-state index is 4.63. The fourth-order valence-corrected chi connectivity index (χ4v) is 5.23. The molecule has 3 heteroatoms. The summed E-state index contributed by atoms with van der Waals surface area (Å²) in [5.74, 6) is 0.871. The summed E-state index contributed by atoms with van der Waals surface area (Å²) in [6.45, 7) is 8.67. The molecule has 0 saturated carbocycles. The number of fused-ring (bicyclic) bond motifs is 6. The molecule has 2 heterocycles. The molecule has 0 atom stereocenters. The molecule has 0 spiro atoms. The Hall–Kier alpha value is -3.98. The van der Waals surface area contributed by atoms with Gasteiger partial charge in [-0.15, -0.1) is 10.2 Å². The highest BCUT2D eigenvalue weighted by Gasteiger charge is 2.17. The highest BCUT2D eigenvalue weighted by atomic mass is 15.2. The normalized spacial score (nSPS) is 11.6. The molecule has 160 valence electrons. The first kappa shape index (κ1) is 19.7. The van der Waals surface area contributed by atoms with Gasteiger partial charge in [0.1, 0.15) is 0 Å². The van der Waals surface area contributed by atoms with Crippen LogP contribution in [0.3, 0.4) is 0 Å². The Balaban J connectivity index is 1.72. The van der Waals surface area contributed by atoms with E-state index in [0.29, 0.717) is 0 Å². The number of rotatable bonds is 2. The minimum atomic E-state index is 0.871. The smallest absolute Gasteiger partial charge is 0.169 e. The molecule has 0 fully saturated rings. The van der Waals surface area contributed by atoms with Crippen LogP contribution in [0.2, 0.25) is 0 Å². The molecule has 0 aliphatic carbocycles. The zero-order valence-corrected chi connectivity index (χ0v) is 19.3. The van der Waals surface area contributed by atoms with Gasteiger partial charge < -0.3 is 0 Å². The number of hydrogen-bond acceptors (Lipinski definition) is 2. The second-order valence-electron chi connectivity index (χ2n) is 9.10. The van der Waals surface area contributed by atoms with Crippen molar-refractivity contribution in [2.24, 2.45) is 0 Å². The molecule has 0 amide bonds. The van der Waals surface area contributed by atoms with Crippen molar-refractivity contribution in [1.82, 2.24) is 14.6 Å². The summed E-state index contributed by atoms with van der Waals surface area (Å²) in [5, 5.41) is 12.8. The summed E-state index contributed by atoms with van der Waals surface area (Å²) in [5.41, 5.74) is 10.8. The van der Waals surface area contributed by atoms with Crippen molar-refractivity contribution < 1.29 is 0 Å². The third-order valence-corrected chi connectivity index (χ3v) is 6.63. The Kier molecular flexibility index (Phi) is 4.34. The van der Waals surface area contributed by atoms with Crippen molar-refractivity contribution >= 4 is 27.3 Å². The first-order valence-electron chi connectivity index (χ1n) is 11.4. The fourth-order valence-electron chi connectivity index (χ4n) is 5.23. The lowest BCUT2D eigenvalue weighted by molar-refractivity contribution is 1.12. The second-order valence-corrected chi connectivity index (χ2v) is 9.10. The third-order valence-electron chi connectivity index (χ3n) is 6.63. The summed E-state index contributed by atoms with van der Waals surface area (Å²) in [4.78, 5) is 0. The lowest BCUT2D eigenvalue weighted by atomic mass is 9.92. The van der Waals surface area contributed by atoms with Crippen LogP contribution in [0.1, 0.15) is 22.3 Å². The van der Waals surface area contributed by atoms with Crippen molar-refractivity contribution in [3.05, 3.63) is 101 Å². The number of nitrogens with zero attached hydrogens (tertiary/aromatic N) is 3. The molecule has 3 nitrogen and oxygen atoms in total. The number of aryl methyl sites for hydroxylation is 4. The van der Waals surface area contributed by atoms with E-state index in [2.05, 4.69) is 121 Å². The predicted molar refractivity (Wildman–Crippen MR) is 138 cm³/mol. The topological polar surface area (TPSA) is 30.2 Å². The minimum absolute atomic E-state index is 0.871. The molecule has 6 aromatic rings. The number of pyridine rings is 1. The molecule has 4 aromatic carbocycles. The van der Waals surface area contributed by atoms with Crippen LogP contribution in [0.4, 0.5) is 0 Å². The van der Waals surface area contributed by atoms with Crippen LogP contribution in [0.25, 0.3) is 49.8 Å². The van der Waals surface area contributed by atoms with Gasteiger partial charge in [0, 0.05) is 16.3 Å². The standard InChI is InChI=1S/C30H25N3/c1-18-9-11-22(12-10-18)29-31-32-30-25-8-6-5-7-24(25)26-17-23(13-14-27(26)33(29)30)28-20(3)15-19(2)16-21(28)4/h5-17H,1-4H3. The molecule has 0 N–H and O–H groups in total. The van der Waals surface area contributed by atoms with Crippen molar-refractivity contribution in [1.29, 1.82) is 0 Å². The zero-order chi connectivity index (χ0) is 22.7. The van der Waals surface area contributed by atoms with Crippen LogP contribution in [0, 0.1) is 27.7 Å².